The zero-order valence-electron chi connectivity index (χ0n) is 8.26. The van der Waals surface area contributed by atoms with Gasteiger partial charge in [0.1, 0.15) is 11.4 Å². The Morgan fingerprint density at radius 1 is 1.50 bits per heavy atom. The number of ether oxygens (including phenoxy) is 1. The molecule has 0 amide bonds. The number of rotatable bonds is 0. The summed E-state index contributed by atoms with van der Waals surface area (Å²) in [6.07, 6.45) is 0. The fraction of sp³-hybridized carbons (Fsp3) is 0.300. The normalized spacial score (nSPS) is 17.3. The van der Waals surface area contributed by atoms with E-state index in [9.17, 15) is 8.78 Å². The fourth-order valence-electron chi connectivity index (χ4n) is 1.46. The summed E-state index contributed by atoms with van der Waals surface area (Å²) in [7, 11) is 0. The summed E-state index contributed by atoms with van der Waals surface area (Å²) in [6.45, 7) is -1.25. The number of hydrogen-bond donors (Lipinski definition) is 2. The maximum atomic E-state index is 13.1. The first kappa shape index (κ1) is 10.5. The SMILES string of the molecule is N#Cc1cc(N)c2c(c1)OCC(F)(F)CN2. The van der Waals surface area contributed by atoms with Gasteiger partial charge in [0, 0.05) is 6.07 Å². The molecule has 0 saturated carbocycles. The molecule has 3 N–H and O–H groups in total. The summed E-state index contributed by atoms with van der Waals surface area (Å²) in [5, 5.41) is 11.2. The van der Waals surface area contributed by atoms with Crippen molar-refractivity contribution in [3.8, 4) is 11.8 Å². The van der Waals surface area contributed by atoms with Crippen LogP contribution in [0.2, 0.25) is 0 Å². The molecule has 0 saturated heterocycles. The average Bonchev–Trinajstić information content (AvgIpc) is 2.38. The number of nitrogens with two attached hydrogens (primary N) is 1. The fourth-order valence-corrected chi connectivity index (χ4v) is 1.46. The molecular weight excluding hydrogens is 216 g/mol. The van der Waals surface area contributed by atoms with E-state index in [-0.39, 0.29) is 17.0 Å². The summed E-state index contributed by atoms with van der Waals surface area (Å²) in [5.74, 6) is -2.76. The Hall–Kier alpha value is -2.03. The lowest BCUT2D eigenvalue weighted by molar-refractivity contribution is -0.0247. The van der Waals surface area contributed by atoms with Crippen molar-refractivity contribution < 1.29 is 13.5 Å². The van der Waals surface area contributed by atoms with Crippen LogP contribution in [0.15, 0.2) is 12.1 Å². The molecule has 4 nitrogen and oxygen atoms in total. The van der Waals surface area contributed by atoms with Crippen molar-refractivity contribution in [1.82, 2.24) is 0 Å². The highest BCUT2D eigenvalue weighted by atomic mass is 19.3. The number of nitrogens with zero attached hydrogens (tertiary/aromatic N) is 1. The van der Waals surface area contributed by atoms with Gasteiger partial charge >= 0.3 is 0 Å². The van der Waals surface area contributed by atoms with E-state index in [1.807, 2.05) is 6.07 Å². The molecule has 0 unspecified atom stereocenters. The van der Waals surface area contributed by atoms with Gasteiger partial charge in [-0.25, -0.2) is 8.78 Å². The van der Waals surface area contributed by atoms with E-state index in [1.165, 1.54) is 12.1 Å². The van der Waals surface area contributed by atoms with Crippen LogP contribution in [0.5, 0.6) is 5.75 Å². The van der Waals surface area contributed by atoms with Gasteiger partial charge in [-0.1, -0.05) is 0 Å². The van der Waals surface area contributed by atoms with Gasteiger partial charge in [0.15, 0.2) is 6.61 Å². The van der Waals surface area contributed by atoms with Gasteiger partial charge in [0.25, 0.3) is 5.92 Å². The highest BCUT2D eigenvalue weighted by molar-refractivity contribution is 5.76. The minimum absolute atomic E-state index is 0.189. The minimum atomic E-state index is -2.95. The molecule has 1 aliphatic rings. The number of nitrogen functional groups attached to an aromatic ring is 1. The maximum absolute atomic E-state index is 13.1. The number of fused-ring (bicyclic) bond motifs is 1. The number of nitrogens with one attached hydrogen (secondary N) is 1. The second-order valence-corrected chi connectivity index (χ2v) is 3.55. The van der Waals surface area contributed by atoms with Crippen molar-refractivity contribution in [3.05, 3.63) is 17.7 Å². The smallest absolute Gasteiger partial charge is 0.298 e. The number of nitriles is 1. The molecule has 0 atom stereocenters. The molecule has 1 aromatic carbocycles. The Kier molecular flexibility index (Phi) is 2.31. The van der Waals surface area contributed by atoms with E-state index in [4.69, 9.17) is 15.7 Å². The molecule has 1 aliphatic heterocycles. The number of alkyl halides is 2. The molecule has 0 aliphatic carbocycles. The van der Waals surface area contributed by atoms with E-state index in [0.29, 0.717) is 5.69 Å². The first-order valence-corrected chi connectivity index (χ1v) is 4.60. The highest BCUT2D eigenvalue weighted by Crippen LogP contribution is 2.36. The third kappa shape index (κ3) is 1.84. The van der Waals surface area contributed by atoms with E-state index in [0.717, 1.165) is 0 Å². The van der Waals surface area contributed by atoms with Crippen LogP contribution >= 0.6 is 0 Å². The molecule has 0 bridgehead atoms. The van der Waals surface area contributed by atoms with Crippen LogP contribution in [0, 0.1) is 11.3 Å². The van der Waals surface area contributed by atoms with Crippen molar-refractivity contribution in [2.24, 2.45) is 0 Å². The van der Waals surface area contributed by atoms with Gasteiger partial charge in [0.05, 0.1) is 23.9 Å². The van der Waals surface area contributed by atoms with E-state index in [1.54, 1.807) is 0 Å². The number of benzene rings is 1. The molecular formula is C10H9F2N3O. The second kappa shape index (κ2) is 3.52. The topological polar surface area (TPSA) is 71.1 Å². The van der Waals surface area contributed by atoms with Gasteiger partial charge in [-0.15, -0.1) is 0 Å². The lowest BCUT2D eigenvalue weighted by Crippen LogP contribution is -2.31. The second-order valence-electron chi connectivity index (χ2n) is 3.55. The molecule has 2 rings (SSSR count). The van der Waals surface area contributed by atoms with Crippen molar-refractivity contribution in [1.29, 1.82) is 5.26 Å². The Bertz CT molecular complexity index is 468. The third-order valence-electron chi connectivity index (χ3n) is 2.22. The molecule has 0 aromatic heterocycles. The average molecular weight is 225 g/mol. The molecule has 1 aromatic rings. The first-order chi connectivity index (χ1) is 7.52. The van der Waals surface area contributed by atoms with E-state index >= 15 is 0 Å². The zero-order chi connectivity index (χ0) is 11.8. The van der Waals surface area contributed by atoms with Gasteiger partial charge in [-0.3, -0.25) is 0 Å². The standard InChI is InChI=1S/C10H9F2N3O/c11-10(12)4-15-9-7(14)1-6(3-13)2-8(9)16-5-10/h1-2,15H,4-5,14H2. The molecule has 84 valence electrons. The Balaban J connectivity index is 2.43. The zero-order valence-corrected chi connectivity index (χ0v) is 8.26. The van der Waals surface area contributed by atoms with Crippen molar-refractivity contribution >= 4 is 11.4 Å². The first-order valence-electron chi connectivity index (χ1n) is 4.60. The molecule has 1 heterocycles. The maximum Gasteiger partial charge on any atom is 0.298 e. The van der Waals surface area contributed by atoms with Crippen LogP contribution in [-0.2, 0) is 0 Å². The Labute approximate surface area is 90.6 Å². The molecule has 0 fully saturated rings. The van der Waals surface area contributed by atoms with Crippen molar-refractivity contribution in [3.63, 3.8) is 0 Å². The van der Waals surface area contributed by atoms with Crippen LogP contribution < -0.4 is 15.8 Å². The van der Waals surface area contributed by atoms with Crippen LogP contribution in [0.3, 0.4) is 0 Å². The van der Waals surface area contributed by atoms with Crippen molar-refractivity contribution in [2.45, 2.75) is 5.92 Å². The van der Waals surface area contributed by atoms with Crippen LogP contribution in [0.1, 0.15) is 5.56 Å². The number of halogens is 2. The third-order valence-corrected chi connectivity index (χ3v) is 2.22. The van der Waals surface area contributed by atoms with Gasteiger partial charge in [-0.2, -0.15) is 5.26 Å². The largest absolute Gasteiger partial charge is 0.485 e. The Morgan fingerprint density at radius 2 is 2.25 bits per heavy atom. The van der Waals surface area contributed by atoms with Crippen molar-refractivity contribution in [2.75, 3.05) is 24.2 Å². The number of anilines is 2. The monoisotopic (exact) mass is 225 g/mol. The summed E-state index contributed by atoms with van der Waals surface area (Å²) in [6, 6.07) is 4.69. The van der Waals surface area contributed by atoms with Gasteiger partial charge in [0.2, 0.25) is 0 Å². The van der Waals surface area contributed by atoms with Crippen LogP contribution in [0.4, 0.5) is 20.2 Å². The summed E-state index contributed by atoms with van der Waals surface area (Å²) >= 11 is 0. The summed E-state index contributed by atoms with van der Waals surface area (Å²) in [5.41, 5.74) is 6.46. The minimum Gasteiger partial charge on any atom is -0.485 e. The number of hydrogen-bond acceptors (Lipinski definition) is 4. The lowest BCUT2D eigenvalue weighted by atomic mass is 10.1. The quantitative estimate of drug-likeness (QED) is 0.657. The van der Waals surface area contributed by atoms with Crippen LogP contribution in [0.25, 0.3) is 0 Å². The highest BCUT2D eigenvalue weighted by Gasteiger charge is 2.33. The predicted molar refractivity (Wildman–Crippen MR) is 54.5 cm³/mol. The van der Waals surface area contributed by atoms with Gasteiger partial charge in [-0.05, 0) is 6.07 Å². The molecule has 0 spiro atoms. The summed E-state index contributed by atoms with van der Waals surface area (Å²) < 4.78 is 31.0. The molecule has 0 radical (unpaired) electrons. The van der Waals surface area contributed by atoms with E-state index in [2.05, 4.69) is 5.32 Å². The molecule has 16 heavy (non-hydrogen) atoms. The predicted octanol–water partition coefficient (Wildman–Crippen LogP) is 1.58. The Morgan fingerprint density at radius 3 is 2.94 bits per heavy atom. The summed E-state index contributed by atoms with van der Waals surface area (Å²) in [4.78, 5) is 0. The van der Waals surface area contributed by atoms with E-state index < -0.39 is 19.1 Å². The molecule has 6 heteroatoms. The van der Waals surface area contributed by atoms with Crippen LogP contribution in [-0.4, -0.2) is 19.1 Å². The van der Waals surface area contributed by atoms with Gasteiger partial charge < -0.3 is 15.8 Å². The lowest BCUT2D eigenvalue weighted by Gasteiger charge is -2.11.